The van der Waals surface area contributed by atoms with Gasteiger partial charge in [0.15, 0.2) is 23.1 Å². The highest BCUT2D eigenvalue weighted by Crippen LogP contribution is 2.43. The highest BCUT2D eigenvalue weighted by molar-refractivity contribution is 6.48. The van der Waals surface area contributed by atoms with Crippen LogP contribution in [0.5, 0.6) is 23.0 Å². The van der Waals surface area contributed by atoms with Crippen molar-refractivity contribution in [3.8, 4) is 23.0 Å². The molecule has 572 valence electrons. The summed E-state index contributed by atoms with van der Waals surface area (Å²) in [5.41, 5.74) is 26.7. The second-order valence-electron chi connectivity index (χ2n) is 31.3. The molecular formula is C78H110B4N6O18. The first-order valence-electron chi connectivity index (χ1n) is 38.4. The molecule has 106 heavy (non-hydrogen) atoms. The van der Waals surface area contributed by atoms with Crippen LogP contribution in [0.25, 0.3) is 0 Å². The van der Waals surface area contributed by atoms with Crippen LogP contribution in [0.2, 0.25) is 23.3 Å². The van der Waals surface area contributed by atoms with E-state index in [4.69, 9.17) is 41.6 Å². The molecule has 28 heteroatoms. The van der Waals surface area contributed by atoms with Crippen molar-refractivity contribution in [3.63, 3.8) is 0 Å². The maximum atomic E-state index is 12.7. The van der Waals surface area contributed by atoms with Crippen LogP contribution in [-0.4, -0.2) is 166 Å². The van der Waals surface area contributed by atoms with Crippen LogP contribution in [0.1, 0.15) is 239 Å². The minimum atomic E-state index is -1.14. The Morgan fingerprint density at radius 3 is 1.14 bits per heavy atom. The summed E-state index contributed by atoms with van der Waals surface area (Å²) in [7, 11) is -4.44. The molecule has 4 heterocycles. The fraction of sp³-hybridized carbons (Fsp3) is 0.590. The Labute approximate surface area is 624 Å². The Kier molecular flexibility index (Phi) is 30.3. The number of hydrogen-bond acceptors (Lipinski definition) is 24. The smallest absolute Gasteiger partial charge is 0.526 e. The van der Waals surface area contributed by atoms with Gasteiger partial charge in [-0.3, -0.25) is 38.4 Å². The van der Waals surface area contributed by atoms with Crippen LogP contribution in [0.4, 0.5) is 0 Å². The predicted molar refractivity (Wildman–Crippen MR) is 406 cm³/mol. The third-order valence-corrected chi connectivity index (χ3v) is 22.7. The molecule has 0 aromatic heterocycles. The molecule has 8 aliphatic rings. The number of Topliss-reactive ketones (excluding diaryl/α,β-unsaturated/α-hetero) is 8. The van der Waals surface area contributed by atoms with Crippen molar-refractivity contribution in [2.75, 3.05) is 19.6 Å². The standard InChI is InChI=1S/C21H31BN2O5.C19H27BN2O4.C19H26BNO5.C19H26BNO4/c1-14(25)19-4-2-3-15-11-16(22(28)29-20(15)19)12-18(26)13-21(27)7-5-17(6-8-21)24-10-9-23;1-12(23)18-4-2-3-13-9-14(20(25)26-19(13)18)10-17(24)11-22-16-7-5-15(21)6-8-16;1-12(22)17-4-2-3-13-9-14(20(25)26-18(13)17)10-16(23)11-19(24)7-5-15(21)6-8-19;1-12(22)16-9-5-8-14-10-15(20(24)25-19(14)16)11-17(23)18(21)13-6-3-2-4-7-13/h2-4,16-17,24,27-28H,5-13,23H2,1H3;2-4,14-16,22,25H,5-11,21H2,1H3;2-4,14-15,24-25H,5-11,21H2,1H3;5,8-9,13,15,18,24H,2-4,6-7,10-11,21H2,1H3/t16-,17?,21?;14-,15?,16?;14-,15?,19?;15-,18-/m1111/s1. The summed E-state index contributed by atoms with van der Waals surface area (Å²) in [5, 5.41) is 69.4. The number of para-hydroxylation sites is 4. The Morgan fingerprint density at radius 2 is 0.783 bits per heavy atom. The number of ketones is 8. The van der Waals surface area contributed by atoms with E-state index in [1.54, 1.807) is 36.4 Å². The second-order valence-corrected chi connectivity index (χ2v) is 31.3. The average Bonchev–Trinajstić information content (AvgIpc) is 0.810. The molecule has 24 nitrogen and oxygen atoms in total. The molecule has 4 aromatic rings. The summed E-state index contributed by atoms with van der Waals surface area (Å²) >= 11 is 0. The van der Waals surface area contributed by atoms with E-state index in [1.807, 2.05) is 36.4 Å². The molecular weight excluding hydrogens is 1350 g/mol. The topological polar surface area (TPSA) is 423 Å². The van der Waals surface area contributed by atoms with Crippen molar-refractivity contribution in [3.05, 3.63) is 117 Å². The zero-order valence-corrected chi connectivity index (χ0v) is 62.1. The maximum absolute atomic E-state index is 12.7. The summed E-state index contributed by atoms with van der Waals surface area (Å²) < 4.78 is 22.4. The summed E-state index contributed by atoms with van der Waals surface area (Å²) in [6, 6.07) is 22.0. The lowest BCUT2D eigenvalue weighted by Gasteiger charge is -2.36. The third kappa shape index (κ3) is 22.9. The molecule has 4 saturated carbocycles. The molecule has 4 aliphatic heterocycles. The molecule has 4 aliphatic carbocycles. The highest BCUT2D eigenvalue weighted by atomic mass is 16.5. The highest BCUT2D eigenvalue weighted by Gasteiger charge is 2.45. The first-order valence-corrected chi connectivity index (χ1v) is 38.4. The summed E-state index contributed by atoms with van der Waals surface area (Å²) in [5.74, 6) is 0.0856. The van der Waals surface area contributed by atoms with Gasteiger partial charge in [0.05, 0.1) is 46.0 Å². The van der Waals surface area contributed by atoms with Gasteiger partial charge in [0.25, 0.3) is 0 Å². The van der Waals surface area contributed by atoms with Gasteiger partial charge in [-0.15, -0.1) is 0 Å². The van der Waals surface area contributed by atoms with Crippen molar-refractivity contribution in [1.29, 1.82) is 0 Å². The first kappa shape index (κ1) is 83.3. The van der Waals surface area contributed by atoms with E-state index < -0.39 is 45.7 Å². The average molecular weight is 1460 g/mol. The quantitative estimate of drug-likeness (QED) is 0.0250. The lowest BCUT2D eigenvalue weighted by atomic mass is 9.63. The van der Waals surface area contributed by atoms with Gasteiger partial charge in [-0.2, -0.15) is 0 Å². The van der Waals surface area contributed by atoms with Gasteiger partial charge in [-0.05, 0) is 196 Å². The SMILES string of the molecule is CC(=O)c1cccc2c1OB(O)[C@@H](CC(=O)CC1(O)CCC(N)CC1)C2.CC(=O)c1cccc2c1OB(O)[C@@H](CC(=O)CC1(O)CCC(NCCN)CC1)C2.CC(=O)c1cccc2c1OB(O)[C@@H](CC(=O)CNC1CCC(N)CC1)C2.CC(=O)c1cccc2c1OB(O)[C@@H](CC(=O)[C@H](N)C1CCCCC1)C2. The fourth-order valence-corrected chi connectivity index (χ4v) is 16.5. The number of hydrogen-bond donors (Lipinski definition) is 12. The number of carbonyl (C=O) groups excluding carboxylic acids is 8. The molecule has 0 radical (unpaired) electrons. The number of fused-ring (bicyclic) bond motifs is 4. The van der Waals surface area contributed by atoms with Crippen LogP contribution in [0.15, 0.2) is 72.8 Å². The van der Waals surface area contributed by atoms with Crippen LogP contribution in [-0.2, 0) is 44.9 Å². The van der Waals surface area contributed by atoms with Crippen LogP contribution in [0, 0.1) is 5.92 Å². The fourth-order valence-electron chi connectivity index (χ4n) is 16.5. The van der Waals surface area contributed by atoms with Gasteiger partial charge in [-0.1, -0.05) is 67.8 Å². The van der Waals surface area contributed by atoms with E-state index in [9.17, 15) is 68.7 Å². The first-order chi connectivity index (χ1) is 50.5. The van der Waals surface area contributed by atoms with Gasteiger partial charge >= 0.3 is 28.5 Å². The van der Waals surface area contributed by atoms with Crippen molar-refractivity contribution < 1.29 is 87.3 Å². The largest absolute Gasteiger partial charge is 0.535 e. The Hall–Kier alpha value is -6.78. The van der Waals surface area contributed by atoms with E-state index in [0.717, 1.165) is 106 Å². The van der Waals surface area contributed by atoms with Crippen molar-refractivity contribution in [2.45, 2.75) is 266 Å². The molecule has 4 aromatic carbocycles. The van der Waals surface area contributed by atoms with Crippen molar-refractivity contribution >= 4 is 74.7 Å². The number of benzene rings is 4. The van der Waals surface area contributed by atoms with Crippen molar-refractivity contribution in [1.82, 2.24) is 10.6 Å². The van der Waals surface area contributed by atoms with E-state index in [1.165, 1.54) is 34.1 Å². The van der Waals surface area contributed by atoms with E-state index in [0.29, 0.717) is 128 Å². The van der Waals surface area contributed by atoms with Crippen LogP contribution < -0.4 is 52.2 Å². The minimum absolute atomic E-state index is 0.00530. The molecule has 12 rings (SSSR count). The van der Waals surface area contributed by atoms with E-state index in [-0.39, 0.29) is 120 Å². The van der Waals surface area contributed by atoms with E-state index in [2.05, 4.69) is 10.6 Å². The second kappa shape index (κ2) is 38.5. The van der Waals surface area contributed by atoms with Crippen molar-refractivity contribution in [2.24, 2.45) is 28.9 Å². The lowest BCUT2D eigenvalue weighted by Crippen LogP contribution is -2.44. The molecule has 5 atom stereocenters. The predicted octanol–water partition coefficient (Wildman–Crippen LogP) is 6.94. The number of nitrogens with two attached hydrogens (primary N) is 4. The van der Waals surface area contributed by atoms with Gasteiger partial charge in [0.1, 0.15) is 46.1 Å². The normalized spacial score (nSPS) is 25.6. The number of aliphatic hydroxyl groups is 2. The molecule has 4 fully saturated rings. The summed E-state index contributed by atoms with van der Waals surface area (Å²) in [6.07, 6.45) is 17.8. The summed E-state index contributed by atoms with van der Waals surface area (Å²) in [6.45, 7) is 7.52. The zero-order chi connectivity index (χ0) is 76.6. The number of rotatable bonds is 24. The van der Waals surface area contributed by atoms with Gasteiger partial charge in [0, 0.05) is 99.1 Å². The van der Waals surface area contributed by atoms with Crippen LogP contribution in [0.3, 0.4) is 0 Å². The van der Waals surface area contributed by atoms with E-state index >= 15 is 0 Å². The van der Waals surface area contributed by atoms with Gasteiger partial charge < -0.3 is 82.5 Å². The number of carbonyl (C=O) groups is 8. The Balaban J connectivity index is 0.000000164. The minimum Gasteiger partial charge on any atom is -0.535 e. The molecule has 0 amide bonds. The lowest BCUT2D eigenvalue weighted by molar-refractivity contribution is -0.126. The Morgan fingerprint density at radius 1 is 0.453 bits per heavy atom. The molecule has 0 saturated heterocycles. The molecule has 0 unspecified atom stereocenters. The molecule has 0 spiro atoms. The Bertz CT molecular complexity index is 3730. The van der Waals surface area contributed by atoms with Gasteiger partial charge in [0.2, 0.25) is 0 Å². The maximum Gasteiger partial charge on any atom is 0.526 e. The zero-order valence-electron chi connectivity index (χ0n) is 62.1. The van der Waals surface area contributed by atoms with Crippen LogP contribution >= 0.6 is 0 Å². The van der Waals surface area contributed by atoms with Gasteiger partial charge in [-0.25, -0.2) is 0 Å². The number of nitrogens with one attached hydrogen (secondary N) is 2. The molecule has 0 bridgehead atoms. The molecule has 16 N–H and O–H groups in total. The third-order valence-electron chi connectivity index (χ3n) is 22.7. The monoisotopic (exact) mass is 1460 g/mol. The summed E-state index contributed by atoms with van der Waals surface area (Å²) in [4.78, 5) is 97.0.